The second kappa shape index (κ2) is 5.15. The van der Waals surface area contributed by atoms with Crippen LogP contribution in [-0.4, -0.2) is 36.1 Å². The molecule has 0 saturated carbocycles. The van der Waals surface area contributed by atoms with Gasteiger partial charge in [-0.1, -0.05) is 0 Å². The van der Waals surface area contributed by atoms with E-state index in [-0.39, 0.29) is 11.9 Å². The first-order valence-electron chi connectivity index (χ1n) is 7.04. The molecule has 3 rings (SSSR count). The molecule has 0 aromatic heterocycles. The van der Waals surface area contributed by atoms with E-state index in [1.54, 1.807) is 12.1 Å². The lowest BCUT2D eigenvalue weighted by atomic mass is 9.98. The van der Waals surface area contributed by atoms with Crippen LogP contribution in [0.5, 0.6) is 0 Å². The molecule has 2 aliphatic heterocycles. The number of carbonyl (C=O) groups excluding carboxylic acids is 1. The Morgan fingerprint density at radius 1 is 1.40 bits per heavy atom. The standard InChI is InChI=1S/C15H18N2O3/c18-14-6-4-12(16-14)9-17-7-1-2-10-8-11(15(19)20)3-5-13(10)17/h3,5,8,12H,1-2,4,6-7,9H2,(H,16,18)(H,19,20). The van der Waals surface area contributed by atoms with E-state index < -0.39 is 5.97 Å². The van der Waals surface area contributed by atoms with Crippen molar-refractivity contribution in [1.29, 1.82) is 0 Å². The molecule has 1 fully saturated rings. The zero-order valence-electron chi connectivity index (χ0n) is 11.3. The maximum atomic E-state index is 11.3. The van der Waals surface area contributed by atoms with E-state index in [4.69, 9.17) is 5.11 Å². The van der Waals surface area contributed by atoms with Gasteiger partial charge >= 0.3 is 5.97 Å². The summed E-state index contributed by atoms with van der Waals surface area (Å²) in [7, 11) is 0. The smallest absolute Gasteiger partial charge is 0.335 e. The third kappa shape index (κ3) is 2.48. The van der Waals surface area contributed by atoms with E-state index >= 15 is 0 Å². The first-order chi connectivity index (χ1) is 9.63. The van der Waals surface area contributed by atoms with Gasteiger partial charge < -0.3 is 15.3 Å². The monoisotopic (exact) mass is 274 g/mol. The summed E-state index contributed by atoms with van der Waals surface area (Å²) in [6.07, 6.45) is 3.45. The van der Waals surface area contributed by atoms with E-state index in [1.807, 2.05) is 6.07 Å². The molecule has 2 N–H and O–H groups in total. The number of aryl methyl sites for hydroxylation is 1. The van der Waals surface area contributed by atoms with Gasteiger partial charge in [0.1, 0.15) is 0 Å². The third-order valence-electron chi connectivity index (χ3n) is 4.07. The van der Waals surface area contributed by atoms with Crippen LogP contribution in [0.25, 0.3) is 0 Å². The summed E-state index contributed by atoms with van der Waals surface area (Å²) < 4.78 is 0. The van der Waals surface area contributed by atoms with Gasteiger partial charge in [0.2, 0.25) is 5.91 Å². The molecule has 2 aliphatic rings. The first-order valence-corrected chi connectivity index (χ1v) is 7.04. The van der Waals surface area contributed by atoms with Crippen LogP contribution in [0.1, 0.15) is 35.2 Å². The number of nitrogens with zero attached hydrogens (tertiary/aromatic N) is 1. The minimum Gasteiger partial charge on any atom is -0.478 e. The minimum absolute atomic E-state index is 0.133. The molecule has 1 saturated heterocycles. The fraction of sp³-hybridized carbons (Fsp3) is 0.467. The van der Waals surface area contributed by atoms with Crippen molar-refractivity contribution in [2.45, 2.75) is 31.7 Å². The van der Waals surface area contributed by atoms with Crippen molar-refractivity contribution < 1.29 is 14.7 Å². The molecular formula is C15H18N2O3. The molecule has 5 nitrogen and oxygen atoms in total. The Kier molecular flexibility index (Phi) is 3.34. The Morgan fingerprint density at radius 2 is 2.25 bits per heavy atom. The highest BCUT2D eigenvalue weighted by molar-refractivity contribution is 5.88. The number of hydrogen-bond acceptors (Lipinski definition) is 3. The van der Waals surface area contributed by atoms with Gasteiger partial charge in [0.15, 0.2) is 0 Å². The lowest BCUT2D eigenvalue weighted by molar-refractivity contribution is -0.119. The second-order valence-electron chi connectivity index (χ2n) is 5.50. The van der Waals surface area contributed by atoms with Crippen LogP contribution in [-0.2, 0) is 11.2 Å². The van der Waals surface area contributed by atoms with Crippen LogP contribution in [0.15, 0.2) is 18.2 Å². The molecule has 1 amide bonds. The second-order valence-corrected chi connectivity index (χ2v) is 5.50. The largest absolute Gasteiger partial charge is 0.478 e. The number of aromatic carboxylic acids is 1. The van der Waals surface area contributed by atoms with Crippen molar-refractivity contribution in [3.8, 4) is 0 Å². The van der Waals surface area contributed by atoms with Gasteiger partial charge in [0.05, 0.1) is 5.56 Å². The molecule has 1 aromatic carbocycles. The average molecular weight is 274 g/mol. The zero-order valence-corrected chi connectivity index (χ0v) is 11.3. The quantitative estimate of drug-likeness (QED) is 0.874. The highest BCUT2D eigenvalue weighted by Gasteiger charge is 2.25. The molecule has 0 spiro atoms. The Hall–Kier alpha value is -2.04. The number of carboxylic acid groups (broad SMARTS) is 1. The first kappa shape index (κ1) is 13.0. The summed E-state index contributed by atoms with van der Waals surface area (Å²) in [5, 5.41) is 12.0. The van der Waals surface area contributed by atoms with Gasteiger partial charge in [-0.25, -0.2) is 4.79 Å². The summed E-state index contributed by atoms with van der Waals surface area (Å²) in [6, 6.07) is 5.55. The molecule has 2 heterocycles. The normalized spacial score (nSPS) is 21.5. The van der Waals surface area contributed by atoms with Crippen LogP contribution >= 0.6 is 0 Å². The van der Waals surface area contributed by atoms with E-state index in [0.717, 1.165) is 43.6 Å². The fourth-order valence-corrected chi connectivity index (χ4v) is 3.08. The number of fused-ring (bicyclic) bond motifs is 1. The highest BCUT2D eigenvalue weighted by Crippen LogP contribution is 2.28. The number of nitrogens with one attached hydrogen (secondary N) is 1. The summed E-state index contributed by atoms with van der Waals surface area (Å²) in [6.45, 7) is 1.77. The molecule has 1 unspecified atom stereocenters. The average Bonchev–Trinajstić information content (AvgIpc) is 2.84. The van der Waals surface area contributed by atoms with Crippen molar-refractivity contribution in [3.05, 3.63) is 29.3 Å². The van der Waals surface area contributed by atoms with Crippen molar-refractivity contribution in [2.24, 2.45) is 0 Å². The molecular weight excluding hydrogens is 256 g/mol. The Morgan fingerprint density at radius 3 is 2.95 bits per heavy atom. The molecule has 0 bridgehead atoms. The van der Waals surface area contributed by atoms with Crippen LogP contribution in [0.3, 0.4) is 0 Å². The van der Waals surface area contributed by atoms with Gasteiger partial charge in [-0.3, -0.25) is 4.79 Å². The topological polar surface area (TPSA) is 69.6 Å². The predicted molar refractivity (Wildman–Crippen MR) is 75.1 cm³/mol. The summed E-state index contributed by atoms with van der Waals surface area (Å²) in [5.74, 6) is -0.749. The maximum absolute atomic E-state index is 11.3. The lowest BCUT2D eigenvalue weighted by Gasteiger charge is -2.33. The predicted octanol–water partition coefficient (Wildman–Crippen LogP) is 1.42. The van der Waals surface area contributed by atoms with Crippen LogP contribution in [0.2, 0.25) is 0 Å². The summed E-state index contributed by atoms with van der Waals surface area (Å²) >= 11 is 0. The number of benzene rings is 1. The Balaban J connectivity index is 1.79. The van der Waals surface area contributed by atoms with Crippen molar-refractivity contribution in [1.82, 2.24) is 5.32 Å². The molecule has 0 aliphatic carbocycles. The number of hydrogen-bond donors (Lipinski definition) is 2. The summed E-state index contributed by atoms with van der Waals surface area (Å²) in [4.78, 5) is 24.6. The number of carboxylic acids is 1. The molecule has 5 heteroatoms. The van der Waals surface area contributed by atoms with Gasteiger partial charge in [-0.15, -0.1) is 0 Å². The van der Waals surface area contributed by atoms with E-state index in [9.17, 15) is 9.59 Å². The Labute approximate surface area is 117 Å². The zero-order chi connectivity index (χ0) is 14.1. The van der Waals surface area contributed by atoms with Gasteiger partial charge in [0, 0.05) is 31.2 Å². The molecule has 1 aromatic rings. The van der Waals surface area contributed by atoms with Crippen molar-refractivity contribution in [3.63, 3.8) is 0 Å². The molecule has 1 atom stereocenters. The summed E-state index contributed by atoms with van der Waals surface area (Å²) in [5.41, 5.74) is 2.56. The molecule has 20 heavy (non-hydrogen) atoms. The van der Waals surface area contributed by atoms with Crippen LogP contribution < -0.4 is 10.2 Å². The highest BCUT2D eigenvalue weighted by atomic mass is 16.4. The lowest BCUT2D eigenvalue weighted by Crippen LogP contribution is -2.41. The number of amides is 1. The number of carbonyl (C=O) groups is 2. The van der Waals surface area contributed by atoms with E-state index in [2.05, 4.69) is 10.2 Å². The number of rotatable bonds is 3. The minimum atomic E-state index is -0.882. The maximum Gasteiger partial charge on any atom is 0.335 e. The van der Waals surface area contributed by atoms with Crippen molar-refractivity contribution >= 4 is 17.6 Å². The number of anilines is 1. The van der Waals surface area contributed by atoms with Gasteiger partial charge in [-0.05, 0) is 43.0 Å². The Bertz CT molecular complexity index is 556. The van der Waals surface area contributed by atoms with Crippen LogP contribution in [0.4, 0.5) is 5.69 Å². The van der Waals surface area contributed by atoms with Crippen molar-refractivity contribution in [2.75, 3.05) is 18.0 Å². The van der Waals surface area contributed by atoms with E-state index in [0.29, 0.717) is 12.0 Å². The third-order valence-corrected chi connectivity index (χ3v) is 4.07. The van der Waals surface area contributed by atoms with Gasteiger partial charge in [-0.2, -0.15) is 0 Å². The SMILES string of the molecule is O=C1CCC(CN2CCCc3cc(C(=O)O)ccc32)N1. The van der Waals surface area contributed by atoms with Gasteiger partial charge in [0.25, 0.3) is 0 Å². The van der Waals surface area contributed by atoms with Crippen LogP contribution in [0, 0.1) is 0 Å². The fourth-order valence-electron chi connectivity index (χ4n) is 3.08. The molecule has 0 radical (unpaired) electrons. The van der Waals surface area contributed by atoms with E-state index in [1.165, 1.54) is 0 Å². The molecule has 106 valence electrons.